The molecule has 3 rings (SSSR count). The molecule has 1 heterocycles. The molecule has 2 aromatic rings. The van der Waals surface area contributed by atoms with E-state index < -0.39 is 23.0 Å². The highest BCUT2D eigenvalue weighted by molar-refractivity contribution is 5.46. The van der Waals surface area contributed by atoms with Crippen molar-refractivity contribution in [2.45, 2.75) is 26.3 Å². The van der Waals surface area contributed by atoms with Crippen LogP contribution in [0.1, 0.15) is 25.3 Å². The fourth-order valence-electron chi connectivity index (χ4n) is 3.03. The molecule has 0 aliphatic heterocycles. The Morgan fingerprint density at radius 2 is 1.89 bits per heavy atom. The summed E-state index contributed by atoms with van der Waals surface area (Å²) in [5.41, 5.74) is 2.10. The number of anilines is 1. The summed E-state index contributed by atoms with van der Waals surface area (Å²) in [6.45, 7) is 2.35. The Kier molecular flexibility index (Phi) is 5.99. The third-order valence-corrected chi connectivity index (χ3v) is 4.43. The fourth-order valence-corrected chi connectivity index (χ4v) is 3.03. The number of hydrogen-bond donors (Lipinski definition) is 1. The Hall–Kier alpha value is -2.87. The molecular formula is C20H20F3N3O2. The molecule has 0 bridgehead atoms. The zero-order valence-electron chi connectivity index (χ0n) is 15.6. The minimum atomic E-state index is -1.05. The van der Waals surface area contributed by atoms with Crippen molar-refractivity contribution in [3.05, 3.63) is 80.7 Å². The van der Waals surface area contributed by atoms with Crippen LogP contribution in [0.25, 0.3) is 0 Å². The van der Waals surface area contributed by atoms with Crippen LogP contribution in [0, 0.1) is 17.5 Å². The number of halogens is 3. The monoisotopic (exact) mass is 391 g/mol. The van der Waals surface area contributed by atoms with E-state index in [1.165, 1.54) is 4.57 Å². The summed E-state index contributed by atoms with van der Waals surface area (Å²) in [6.07, 6.45) is 4.54. The summed E-state index contributed by atoms with van der Waals surface area (Å²) < 4.78 is 47.3. The standard InChI is InChI=1S/C20H20F3N3O2/c1-12-3-4-13(11-28-2)7-18(12)24-20-25-19(27)17(23)10-26(20)9-14-5-15(21)8-16(22)6-14/h5-8,10H,3-4,9,11H2,1-2H3,(H,24,25,27). The zero-order chi connectivity index (χ0) is 20.3. The maximum Gasteiger partial charge on any atom is 0.310 e. The molecule has 1 aliphatic carbocycles. The van der Waals surface area contributed by atoms with Crippen molar-refractivity contribution in [3.8, 4) is 0 Å². The maximum absolute atomic E-state index is 13.8. The fraction of sp³-hybridized carbons (Fsp3) is 0.300. The topological polar surface area (TPSA) is 56.1 Å². The summed E-state index contributed by atoms with van der Waals surface area (Å²) in [7, 11) is 1.61. The van der Waals surface area contributed by atoms with Gasteiger partial charge in [0.1, 0.15) is 11.6 Å². The van der Waals surface area contributed by atoms with E-state index >= 15 is 0 Å². The second-order valence-electron chi connectivity index (χ2n) is 6.68. The van der Waals surface area contributed by atoms with E-state index in [0.717, 1.165) is 54.1 Å². The SMILES string of the molecule is COCC1=CC(Nc2nc(=O)c(F)cn2Cc2cc(F)cc(F)c2)=C(C)CC1. The Bertz CT molecular complexity index is 988. The third kappa shape index (κ3) is 4.69. The van der Waals surface area contributed by atoms with Gasteiger partial charge in [-0.1, -0.05) is 0 Å². The van der Waals surface area contributed by atoms with E-state index in [1.54, 1.807) is 7.11 Å². The Balaban J connectivity index is 1.96. The van der Waals surface area contributed by atoms with Gasteiger partial charge in [-0.05, 0) is 54.7 Å². The zero-order valence-corrected chi connectivity index (χ0v) is 15.6. The molecule has 0 spiro atoms. The molecule has 1 N–H and O–H groups in total. The van der Waals surface area contributed by atoms with Crippen molar-refractivity contribution >= 4 is 5.95 Å². The summed E-state index contributed by atoms with van der Waals surface area (Å²) in [5.74, 6) is -2.44. The summed E-state index contributed by atoms with van der Waals surface area (Å²) >= 11 is 0. The van der Waals surface area contributed by atoms with Crippen LogP contribution in [0.4, 0.5) is 19.1 Å². The number of allylic oxidation sites excluding steroid dienone is 2. The summed E-state index contributed by atoms with van der Waals surface area (Å²) in [4.78, 5) is 15.5. The van der Waals surface area contributed by atoms with Crippen molar-refractivity contribution in [1.82, 2.24) is 9.55 Å². The average Bonchev–Trinajstić information content (AvgIpc) is 2.61. The second kappa shape index (κ2) is 8.43. The lowest BCUT2D eigenvalue weighted by atomic mass is 9.97. The van der Waals surface area contributed by atoms with E-state index in [-0.39, 0.29) is 18.1 Å². The lowest BCUT2D eigenvalue weighted by Gasteiger charge is -2.21. The van der Waals surface area contributed by atoms with Gasteiger partial charge in [-0.3, -0.25) is 4.79 Å². The van der Waals surface area contributed by atoms with Crippen LogP contribution in [0.15, 0.2) is 52.1 Å². The molecule has 0 amide bonds. The van der Waals surface area contributed by atoms with Gasteiger partial charge in [-0.15, -0.1) is 0 Å². The van der Waals surface area contributed by atoms with Gasteiger partial charge in [0.25, 0.3) is 0 Å². The molecule has 0 saturated carbocycles. The van der Waals surface area contributed by atoms with E-state index in [0.29, 0.717) is 6.61 Å². The lowest BCUT2D eigenvalue weighted by Crippen LogP contribution is -2.22. The lowest BCUT2D eigenvalue weighted by molar-refractivity contribution is 0.222. The van der Waals surface area contributed by atoms with Crippen molar-refractivity contribution in [2.24, 2.45) is 0 Å². The van der Waals surface area contributed by atoms with Gasteiger partial charge in [0.05, 0.1) is 13.2 Å². The highest BCUT2D eigenvalue weighted by atomic mass is 19.1. The molecule has 1 aliphatic rings. The molecule has 0 atom stereocenters. The number of nitrogens with one attached hydrogen (secondary N) is 1. The molecule has 0 saturated heterocycles. The smallest absolute Gasteiger partial charge is 0.310 e. The largest absolute Gasteiger partial charge is 0.380 e. The van der Waals surface area contributed by atoms with Crippen molar-refractivity contribution < 1.29 is 17.9 Å². The van der Waals surface area contributed by atoms with Crippen LogP contribution in [0.2, 0.25) is 0 Å². The van der Waals surface area contributed by atoms with Gasteiger partial charge in [0.15, 0.2) is 0 Å². The second-order valence-corrected chi connectivity index (χ2v) is 6.68. The van der Waals surface area contributed by atoms with Crippen LogP contribution >= 0.6 is 0 Å². The first kappa shape index (κ1) is 19.9. The number of rotatable bonds is 6. The van der Waals surface area contributed by atoms with Crippen molar-refractivity contribution in [3.63, 3.8) is 0 Å². The number of methoxy groups -OCH3 is 1. The molecule has 8 heteroatoms. The van der Waals surface area contributed by atoms with E-state index in [1.807, 2.05) is 13.0 Å². The first-order valence-corrected chi connectivity index (χ1v) is 8.73. The normalized spacial score (nSPS) is 14.2. The highest BCUT2D eigenvalue weighted by Crippen LogP contribution is 2.25. The van der Waals surface area contributed by atoms with Crippen LogP contribution in [0.5, 0.6) is 0 Å². The van der Waals surface area contributed by atoms with Crippen LogP contribution < -0.4 is 10.9 Å². The Morgan fingerprint density at radius 3 is 2.57 bits per heavy atom. The first-order valence-electron chi connectivity index (χ1n) is 8.73. The molecule has 0 radical (unpaired) electrons. The molecule has 0 fully saturated rings. The molecule has 148 valence electrons. The number of ether oxygens (including phenoxy) is 1. The minimum Gasteiger partial charge on any atom is -0.380 e. The van der Waals surface area contributed by atoms with Gasteiger partial charge in [-0.25, -0.2) is 8.78 Å². The average molecular weight is 391 g/mol. The molecule has 1 aromatic carbocycles. The number of hydrogen-bond acceptors (Lipinski definition) is 4. The van der Waals surface area contributed by atoms with Gasteiger partial charge in [-0.2, -0.15) is 9.37 Å². The molecule has 0 unspecified atom stereocenters. The predicted octanol–water partition coefficient (Wildman–Crippen LogP) is 3.76. The molecule has 1 aromatic heterocycles. The molecular weight excluding hydrogens is 371 g/mol. The van der Waals surface area contributed by atoms with Gasteiger partial charge >= 0.3 is 5.56 Å². The van der Waals surface area contributed by atoms with Gasteiger partial charge in [0, 0.05) is 25.1 Å². The third-order valence-electron chi connectivity index (χ3n) is 4.43. The summed E-state index contributed by atoms with van der Waals surface area (Å²) in [5, 5.41) is 3.05. The van der Waals surface area contributed by atoms with Gasteiger partial charge in [0.2, 0.25) is 11.8 Å². The highest BCUT2D eigenvalue weighted by Gasteiger charge is 2.15. The maximum atomic E-state index is 13.8. The van der Waals surface area contributed by atoms with E-state index in [4.69, 9.17) is 4.74 Å². The Morgan fingerprint density at radius 1 is 1.18 bits per heavy atom. The van der Waals surface area contributed by atoms with Gasteiger partial charge < -0.3 is 14.6 Å². The molecule has 28 heavy (non-hydrogen) atoms. The van der Waals surface area contributed by atoms with Crippen molar-refractivity contribution in [2.75, 3.05) is 19.0 Å². The molecule has 5 nitrogen and oxygen atoms in total. The minimum absolute atomic E-state index is 0.0673. The number of aromatic nitrogens is 2. The van der Waals surface area contributed by atoms with Crippen molar-refractivity contribution in [1.29, 1.82) is 0 Å². The summed E-state index contributed by atoms with van der Waals surface area (Å²) in [6, 6.07) is 3.04. The number of nitrogens with zero attached hydrogens (tertiary/aromatic N) is 2. The first-order chi connectivity index (χ1) is 13.4. The van der Waals surface area contributed by atoms with Crippen LogP contribution in [0.3, 0.4) is 0 Å². The number of benzene rings is 1. The van der Waals surface area contributed by atoms with E-state index in [9.17, 15) is 18.0 Å². The van der Waals surface area contributed by atoms with Crippen LogP contribution in [-0.2, 0) is 11.3 Å². The quantitative estimate of drug-likeness (QED) is 0.815. The van der Waals surface area contributed by atoms with Crippen LogP contribution in [-0.4, -0.2) is 23.3 Å². The predicted molar refractivity (Wildman–Crippen MR) is 99.4 cm³/mol. The van der Waals surface area contributed by atoms with E-state index in [2.05, 4.69) is 10.3 Å². The Labute approximate surface area is 160 Å².